The Bertz CT molecular complexity index is 853. The number of hydrazone groups is 1. The van der Waals surface area contributed by atoms with Crippen LogP contribution in [-0.2, 0) is 0 Å². The van der Waals surface area contributed by atoms with Crippen LogP contribution >= 0.6 is 22.9 Å². The molecule has 3 aromatic rings. The van der Waals surface area contributed by atoms with E-state index in [1.54, 1.807) is 12.3 Å². The topological polar surface area (TPSA) is 46.4 Å². The van der Waals surface area contributed by atoms with Crippen molar-refractivity contribution in [1.29, 1.82) is 0 Å². The van der Waals surface area contributed by atoms with E-state index < -0.39 is 0 Å². The van der Waals surface area contributed by atoms with E-state index in [4.69, 9.17) is 11.6 Å². The molecule has 0 aliphatic carbocycles. The monoisotopic (exact) mass is 343 g/mol. The van der Waals surface area contributed by atoms with Gasteiger partial charge in [-0.3, -0.25) is 4.79 Å². The average molecular weight is 344 g/mol. The molecule has 4 nitrogen and oxygen atoms in total. The highest BCUT2D eigenvalue weighted by atomic mass is 35.5. The first-order chi connectivity index (χ1) is 11.1. The minimum absolute atomic E-state index is 0.215. The number of aromatic nitrogens is 1. The van der Waals surface area contributed by atoms with E-state index >= 15 is 0 Å². The molecular formula is C17H14ClN3OS. The van der Waals surface area contributed by atoms with Crippen molar-refractivity contribution in [2.75, 3.05) is 0 Å². The van der Waals surface area contributed by atoms with Crippen molar-refractivity contribution >= 4 is 35.1 Å². The van der Waals surface area contributed by atoms with Crippen molar-refractivity contribution in [3.8, 4) is 5.69 Å². The summed E-state index contributed by atoms with van der Waals surface area (Å²) in [5, 5.41) is 6.59. The Kier molecular flexibility index (Phi) is 4.60. The zero-order valence-corrected chi connectivity index (χ0v) is 13.9. The van der Waals surface area contributed by atoms with Crippen LogP contribution in [0.15, 0.2) is 59.1 Å². The van der Waals surface area contributed by atoms with Crippen molar-refractivity contribution in [3.63, 3.8) is 0 Å². The predicted octanol–water partition coefficient (Wildman–Crippen LogP) is 4.26. The maximum absolute atomic E-state index is 11.8. The van der Waals surface area contributed by atoms with Gasteiger partial charge in [-0.25, -0.2) is 5.43 Å². The molecule has 0 unspecified atom stereocenters. The summed E-state index contributed by atoms with van der Waals surface area (Å²) in [4.78, 5) is 12.5. The summed E-state index contributed by atoms with van der Waals surface area (Å²) in [6.07, 6.45) is 3.53. The summed E-state index contributed by atoms with van der Waals surface area (Å²) in [6, 6.07) is 13.3. The van der Waals surface area contributed by atoms with Gasteiger partial charge in [0.05, 0.1) is 16.8 Å². The number of hydrogen-bond donors (Lipinski definition) is 1. The molecule has 0 spiro atoms. The first-order valence-corrected chi connectivity index (χ1v) is 8.22. The van der Waals surface area contributed by atoms with Crippen LogP contribution < -0.4 is 5.43 Å². The first-order valence-electron chi connectivity index (χ1n) is 6.96. The molecule has 3 rings (SSSR count). The second kappa shape index (κ2) is 6.81. The summed E-state index contributed by atoms with van der Waals surface area (Å²) < 4.78 is 1.95. The number of carbonyl (C=O) groups excluding carboxylic acids is 1. The van der Waals surface area contributed by atoms with E-state index in [0.29, 0.717) is 9.90 Å². The lowest BCUT2D eigenvalue weighted by atomic mass is 10.2. The highest BCUT2D eigenvalue weighted by molar-refractivity contribution is 7.12. The molecule has 0 radical (unpaired) electrons. The number of halogens is 1. The van der Waals surface area contributed by atoms with Gasteiger partial charge in [-0.05, 0) is 48.2 Å². The van der Waals surface area contributed by atoms with Crippen molar-refractivity contribution in [2.24, 2.45) is 5.10 Å². The highest BCUT2D eigenvalue weighted by Gasteiger charge is 2.05. The molecule has 0 bridgehead atoms. The van der Waals surface area contributed by atoms with E-state index in [-0.39, 0.29) is 5.91 Å². The fourth-order valence-corrected chi connectivity index (χ4v) is 2.87. The molecule has 116 valence electrons. The third-order valence-electron chi connectivity index (χ3n) is 3.32. The summed E-state index contributed by atoms with van der Waals surface area (Å²) in [7, 11) is 0. The molecule has 6 heteroatoms. The molecule has 1 aromatic carbocycles. The smallest absolute Gasteiger partial charge is 0.281 e. The number of rotatable bonds is 4. The van der Waals surface area contributed by atoms with Crippen molar-refractivity contribution in [2.45, 2.75) is 6.92 Å². The number of carbonyl (C=O) groups is 1. The molecule has 0 saturated heterocycles. The lowest BCUT2D eigenvalue weighted by molar-refractivity contribution is 0.0959. The van der Waals surface area contributed by atoms with Crippen LogP contribution in [0.25, 0.3) is 5.69 Å². The van der Waals surface area contributed by atoms with E-state index in [0.717, 1.165) is 16.9 Å². The molecule has 2 aromatic heterocycles. The molecule has 23 heavy (non-hydrogen) atoms. The van der Waals surface area contributed by atoms with Crippen molar-refractivity contribution in [1.82, 2.24) is 9.99 Å². The fraction of sp³-hybridized carbons (Fsp3) is 0.0588. The quantitative estimate of drug-likeness (QED) is 0.558. The number of benzene rings is 1. The predicted molar refractivity (Wildman–Crippen MR) is 94.9 cm³/mol. The lowest BCUT2D eigenvalue weighted by Crippen LogP contribution is -2.16. The molecule has 2 heterocycles. The van der Waals surface area contributed by atoms with Crippen LogP contribution in [0, 0.1) is 6.92 Å². The van der Waals surface area contributed by atoms with E-state index in [2.05, 4.69) is 10.5 Å². The highest BCUT2D eigenvalue weighted by Crippen LogP contribution is 2.20. The van der Waals surface area contributed by atoms with Gasteiger partial charge >= 0.3 is 0 Å². The molecule has 0 atom stereocenters. The summed E-state index contributed by atoms with van der Waals surface area (Å²) in [6.45, 7) is 1.96. The van der Waals surface area contributed by atoms with Gasteiger partial charge in [0.2, 0.25) is 0 Å². The Morgan fingerprint density at radius 3 is 2.91 bits per heavy atom. The van der Waals surface area contributed by atoms with Crippen LogP contribution in [0.5, 0.6) is 0 Å². The second-order valence-corrected chi connectivity index (χ2v) is 6.27. The van der Waals surface area contributed by atoms with Gasteiger partial charge in [0, 0.05) is 16.9 Å². The number of thiophene rings is 1. The van der Waals surface area contributed by atoms with Crippen LogP contribution in [0.2, 0.25) is 5.02 Å². The summed E-state index contributed by atoms with van der Waals surface area (Å²) in [5.41, 5.74) is 5.34. The molecule has 0 aliphatic rings. The molecule has 0 saturated carbocycles. The zero-order chi connectivity index (χ0) is 16.2. The maximum atomic E-state index is 11.8. The Labute approximate surface area is 143 Å². The minimum Gasteiger partial charge on any atom is -0.316 e. The largest absolute Gasteiger partial charge is 0.316 e. The van der Waals surface area contributed by atoms with Crippen molar-refractivity contribution in [3.05, 3.63) is 75.2 Å². The third-order valence-corrected chi connectivity index (χ3v) is 4.60. The Hall–Kier alpha value is -2.37. The molecule has 1 amide bonds. The zero-order valence-electron chi connectivity index (χ0n) is 12.4. The molecular weight excluding hydrogens is 330 g/mol. The van der Waals surface area contributed by atoms with Crippen LogP contribution in [0.1, 0.15) is 20.9 Å². The van der Waals surface area contributed by atoms with Gasteiger partial charge in [0.15, 0.2) is 0 Å². The maximum Gasteiger partial charge on any atom is 0.281 e. The SMILES string of the molecule is Cc1ccc(-n2cccc2/C=N/NC(=O)c2cccs2)cc1Cl. The third kappa shape index (κ3) is 3.52. The average Bonchev–Trinajstić information content (AvgIpc) is 3.21. The first kappa shape index (κ1) is 15.5. The van der Waals surface area contributed by atoms with E-state index in [1.165, 1.54) is 11.3 Å². The van der Waals surface area contributed by atoms with E-state index in [9.17, 15) is 4.79 Å². The molecule has 1 N–H and O–H groups in total. The number of nitrogens with one attached hydrogen (secondary N) is 1. The van der Waals surface area contributed by atoms with Gasteiger partial charge in [-0.2, -0.15) is 5.10 Å². The van der Waals surface area contributed by atoms with Gasteiger partial charge < -0.3 is 4.57 Å². The summed E-state index contributed by atoms with van der Waals surface area (Å²) >= 11 is 7.56. The number of aryl methyl sites for hydroxylation is 1. The van der Waals surface area contributed by atoms with E-state index in [1.807, 2.05) is 59.5 Å². The number of nitrogens with zero attached hydrogens (tertiary/aromatic N) is 2. The Morgan fingerprint density at radius 2 is 2.17 bits per heavy atom. The van der Waals surface area contributed by atoms with Crippen LogP contribution in [-0.4, -0.2) is 16.7 Å². The van der Waals surface area contributed by atoms with Gasteiger partial charge in [-0.15, -0.1) is 11.3 Å². The second-order valence-electron chi connectivity index (χ2n) is 4.91. The Morgan fingerprint density at radius 1 is 1.30 bits per heavy atom. The Balaban J connectivity index is 1.77. The van der Waals surface area contributed by atoms with Crippen molar-refractivity contribution < 1.29 is 4.79 Å². The van der Waals surface area contributed by atoms with Gasteiger partial charge in [0.25, 0.3) is 5.91 Å². The van der Waals surface area contributed by atoms with Crippen LogP contribution in [0.3, 0.4) is 0 Å². The summed E-state index contributed by atoms with van der Waals surface area (Å²) in [5.74, 6) is -0.215. The number of amides is 1. The van der Waals surface area contributed by atoms with Gasteiger partial charge in [0.1, 0.15) is 0 Å². The van der Waals surface area contributed by atoms with Crippen LogP contribution in [0.4, 0.5) is 0 Å². The lowest BCUT2D eigenvalue weighted by Gasteiger charge is -2.08. The standard InChI is InChI=1S/C17H14ClN3OS/c1-12-6-7-13(10-15(12)18)21-8-2-4-14(21)11-19-20-17(22)16-5-3-9-23-16/h2-11H,1H3,(H,20,22)/b19-11+. The van der Waals surface area contributed by atoms with Gasteiger partial charge in [-0.1, -0.05) is 23.7 Å². The number of hydrogen-bond acceptors (Lipinski definition) is 3. The minimum atomic E-state index is -0.215. The molecule has 0 aliphatic heterocycles. The molecule has 0 fully saturated rings. The normalized spacial score (nSPS) is 11.0. The fourth-order valence-electron chi connectivity index (χ4n) is 2.09.